The summed E-state index contributed by atoms with van der Waals surface area (Å²) in [5, 5.41) is 2.19. The van der Waals surface area contributed by atoms with Crippen LogP contribution >= 0.6 is 11.3 Å². The van der Waals surface area contributed by atoms with Gasteiger partial charge in [0, 0.05) is 35.6 Å². The first-order valence-electron chi connectivity index (χ1n) is 7.84. The number of thiophene rings is 1. The Bertz CT molecular complexity index is 429. The molecule has 0 bridgehead atoms. The van der Waals surface area contributed by atoms with Gasteiger partial charge in [0.1, 0.15) is 0 Å². The van der Waals surface area contributed by atoms with E-state index in [9.17, 15) is 0 Å². The third-order valence-electron chi connectivity index (χ3n) is 5.24. The first-order valence-corrected chi connectivity index (χ1v) is 8.72. The number of hydrogen-bond acceptors (Lipinski definition) is 4. The van der Waals surface area contributed by atoms with Crippen molar-refractivity contribution in [2.45, 2.75) is 56.8 Å². The molecule has 1 saturated heterocycles. The normalized spacial score (nSPS) is 31.9. The van der Waals surface area contributed by atoms with Crippen LogP contribution in [0.15, 0.2) is 17.5 Å². The number of likely N-dealkylation sites (tertiary alicyclic amines) is 1. The predicted octanol–water partition coefficient (Wildman–Crippen LogP) is 2.52. The summed E-state index contributed by atoms with van der Waals surface area (Å²) >= 11 is 1.88. The zero-order valence-electron chi connectivity index (χ0n) is 12.7. The molecule has 0 aromatic carbocycles. The van der Waals surface area contributed by atoms with Crippen molar-refractivity contribution in [3.05, 3.63) is 22.4 Å². The van der Waals surface area contributed by atoms with Crippen molar-refractivity contribution in [2.75, 3.05) is 20.1 Å². The molecule has 2 atom stereocenters. The Balaban J connectivity index is 1.80. The van der Waals surface area contributed by atoms with Crippen molar-refractivity contribution < 1.29 is 0 Å². The van der Waals surface area contributed by atoms with E-state index in [1.165, 1.54) is 37.1 Å². The highest BCUT2D eigenvalue weighted by Gasteiger charge is 2.46. The highest BCUT2D eigenvalue weighted by Crippen LogP contribution is 2.40. The summed E-state index contributed by atoms with van der Waals surface area (Å²) in [4.78, 5) is 6.71. The minimum absolute atomic E-state index is 0.219. The minimum atomic E-state index is 0.219. The van der Waals surface area contributed by atoms with Crippen LogP contribution in [-0.2, 0) is 6.54 Å². The Morgan fingerprint density at radius 3 is 2.85 bits per heavy atom. The number of rotatable bonds is 5. The third kappa shape index (κ3) is 2.80. The van der Waals surface area contributed by atoms with Crippen LogP contribution in [0.4, 0.5) is 0 Å². The van der Waals surface area contributed by atoms with E-state index >= 15 is 0 Å². The molecule has 20 heavy (non-hydrogen) atoms. The topological polar surface area (TPSA) is 32.5 Å². The Morgan fingerprint density at radius 1 is 1.50 bits per heavy atom. The molecule has 0 amide bonds. The third-order valence-corrected chi connectivity index (χ3v) is 6.10. The van der Waals surface area contributed by atoms with E-state index in [0.717, 1.165) is 19.1 Å². The number of hydrogen-bond donors (Lipinski definition) is 1. The molecule has 1 aliphatic heterocycles. The summed E-state index contributed by atoms with van der Waals surface area (Å²) in [5.41, 5.74) is 6.50. The van der Waals surface area contributed by atoms with Crippen molar-refractivity contribution in [3.63, 3.8) is 0 Å². The molecule has 112 valence electrons. The van der Waals surface area contributed by atoms with Gasteiger partial charge in [-0.05, 0) is 57.6 Å². The maximum atomic E-state index is 6.28. The maximum Gasteiger partial charge on any atom is 0.0365 e. The van der Waals surface area contributed by atoms with Crippen molar-refractivity contribution in [1.82, 2.24) is 9.80 Å². The zero-order valence-corrected chi connectivity index (χ0v) is 13.5. The van der Waals surface area contributed by atoms with E-state index in [0.29, 0.717) is 6.04 Å². The summed E-state index contributed by atoms with van der Waals surface area (Å²) in [6, 6.07) is 5.84. The van der Waals surface area contributed by atoms with Gasteiger partial charge in [-0.3, -0.25) is 4.90 Å². The quantitative estimate of drug-likeness (QED) is 0.905. The fourth-order valence-corrected chi connectivity index (χ4v) is 4.32. The van der Waals surface area contributed by atoms with E-state index in [-0.39, 0.29) is 5.54 Å². The molecule has 2 N–H and O–H groups in total. The van der Waals surface area contributed by atoms with Crippen LogP contribution < -0.4 is 5.73 Å². The van der Waals surface area contributed by atoms with Gasteiger partial charge >= 0.3 is 0 Å². The van der Waals surface area contributed by atoms with Crippen LogP contribution in [0.1, 0.15) is 37.5 Å². The lowest BCUT2D eigenvalue weighted by molar-refractivity contribution is -0.000283. The zero-order chi connectivity index (χ0) is 14.2. The van der Waals surface area contributed by atoms with E-state index in [2.05, 4.69) is 41.3 Å². The van der Waals surface area contributed by atoms with Gasteiger partial charge in [0.2, 0.25) is 0 Å². The summed E-state index contributed by atoms with van der Waals surface area (Å²) in [5.74, 6) is 0. The number of nitrogens with zero attached hydrogens (tertiary/aromatic N) is 2. The monoisotopic (exact) mass is 293 g/mol. The Kier molecular flexibility index (Phi) is 4.18. The van der Waals surface area contributed by atoms with Crippen molar-refractivity contribution >= 4 is 11.3 Å². The standard InChI is InChI=1S/C16H27N3S/c1-13-10-16(12-17,7-8-18(13)2)19(14-5-6-14)11-15-4-3-9-20-15/h3-4,9,13-14H,5-8,10-12,17H2,1-2H3. The average molecular weight is 293 g/mol. The molecule has 1 saturated carbocycles. The van der Waals surface area contributed by atoms with E-state index in [4.69, 9.17) is 5.73 Å². The van der Waals surface area contributed by atoms with Gasteiger partial charge in [-0.15, -0.1) is 11.3 Å². The smallest absolute Gasteiger partial charge is 0.0365 e. The minimum Gasteiger partial charge on any atom is -0.329 e. The fourth-order valence-electron chi connectivity index (χ4n) is 3.62. The molecule has 3 rings (SSSR count). The van der Waals surface area contributed by atoms with Crippen molar-refractivity contribution in [2.24, 2.45) is 5.73 Å². The average Bonchev–Trinajstić information content (AvgIpc) is 3.16. The van der Waals surface area contributed by atoms with E-state index in [1.807, 2.05) is 11.3 Å². The molecule has 2 unspecified atom stereocenters. The molecule has 1 aromatic heterocycles. The fraction of sp³-hybridized carbons (Fsp3) is 0.750. The summed E-state index contributed by atoms with van der Waals surface area (Å²) < 4.78 is 0. The van der Waals surface area contributed by atoms with Crippen molar-refractivity contribution in [1.29, 1.82) is 0 Å². The molecule has 2 fully saturated rings. The van der Waals surface area contributed by atoms with E-state index in [1.54, 1.807) is 0 Å². The van der Waals surface area contributed by atoms with Crippen LogP contribution in [0.3, 0.4) is 0 Å². The van der Waals surface area contributed by atoms with Crippen molar-refractivity contribution in [3.8, 4) is 0 Å². The summed E-state index contributed by atoms with van der Waals surface area (Å²) in [7, 11) is 2.24. The second-order valence-corrected chi connectivity index (χ2v) is 7.68. The molecule has 2 aliphatic rings. The number of nitrogens with two attached hydrogens (primary N) is 1. The largest absolute Gasteiger partial charge is 0.329 e. The lowest BCUT2D eigenvalue weighted by Gasteiger charge is -2.50. The van der Waals surface area contributed by atoms with Crippen LogP contribution in [-0.4, -0.2) is 47.6 Å². The first kappa shape index (κ1) is 14.5. The summed E-state index contributed by atoms with van der Waals surface area (Å²) in [6.45, 7) is 5.41. The second kappa shape index (κ2) is 5.76. The van der Waals surface area contributed by atoms with Gasteiger partial charge in [0.15, 0.2) is 0 Å². The maximum absolute atomic E-state index is 6.28. The first-order chi connectivity index (χ1) is 9.64. The molecule has 0 spiro atoms. The molecular formula is C16H27N3S. The molecule has 3 nitrogen and oxygen atoms in total. The van der Waals surface area contributed by atoms with Gasteiger partial charge in [0.05, 0.1) is 0 Å². The lowest BCUT2D eigenvalue weighted by atomic mass is 9.81. The molecule has 4 heteroatoms. The molecule has 2 heterocycles. The molecule has 1 aliphatic carbocycles. The van der Waals surface area contributed by atoms with Crippen LogP contribution in [0.5, 0.6) is 0 Å². The SMILES string of the molecule is CC1CC(CN)(N(Cc2cccs2)C2CC2)CCN1C. The Morgan fingerprint density at radius 2 is 2.30 bits per heavy atom. The Hall–Kier alpha value is -0.420. The van der Waals surface area contributed by atoms with Crippen LogP contribution in [0.2, 0.25) is 0 Å². The molecule has 0 radical (unpaired) electrons. The van der Waals surface area contributed by atoms with Gasteiger partial charge in [0.25, 0.3) is 0 Å². The second-order valence-electron chi connectivity index (χ2n) is 6.65. The van der Waals surface area contributed by atoms with Crippen LogP contribution in [0, 0.1) is 0 Å². The van der Waals surface area contributed by atoms with Gasteiger partial charge < -0.3 is 10.6 Å². The number of piperidine rings is 1. The van der Waals surface area contributed by atoms with Gasteiger partial charge in [-0.25, -0.2) is 0 Å². The molecule has 1 aromatic rings. The lowest BCUT2D eigenvalue weighted by Crippen LogP contribution is -2.61. The summed E-state index contributed by atoms with van der Waals surface area (Å²) in [6.07, 6.45) is 5.14. The van der Waals surface area contributed by atoms with Crippen LogP contribution in [0.25, 0.3) is 0 Å². The van der Waals surface area contributed by atoms with Gasteiger partial charge in [-0.1, -0.05) is 6.07 Å². The highest BCUT2D eigenvalue weighted by molar-refractivity contribution is 7.09. The predicted molar refractivity (Wildman–Crippen MR) is 86.0 cm³/mol. The van der Waals surface area contributed by atoms with Gasteiger partial charge in [-0.2, -0.15) is 0 Å². The molecular weight excluding hydrogens is 266 g/mol. The highest BCUT2D eigenvalue weighted by atomic mass is 32.1. The Labute approximate surface area is 126 Å². The van der Waals surface area contributed by atoms with E-state index < -0.39 is 0 Å².